The van der Waals surface area contributed by atoms with Gasteiger partial charge < -0.3 is 20.5 Å². The highest BCUT2D eigenvalue weighted by Gasteiger charge is 2.30. The van der Waals surface area contributed by atoms with Gasteiger partial charge in [-0.25, -0.2) is 4.79 Å². The minimum Gasteiger partial charge on any atom is -0.481 e. The van der Waals surface area contributed by atoms with Gasteiger partial charge in [-0.15, -0.1) is 0 Å². The highest BCUT2D eigenvalue weighted by molar-refractivity contribution is 5.86. The lowest BCUT2D eigenvalue weighted by molar-refractivity contribution is -0.137. The van der Waals surface area contributed by atoms with Crippen LogP contribution in [0, 0.1) is 11.3 Å². The Labute approximate surface area is 192 Å². The van der Waals surface area contributed by atoms with Crippen molar-refractivity contribution in [2.45, 2.75) is 50.6 Å². The van der Waals surface area contributed by atoms with Gasteiger partial charge in [0.2, 0.25) is 5.91 Å². The number of rotatable bonds is 10. The summed E-state index contributed by atoms with van der Waals surface area (Å²) in [5.74, 6) is -1.65. The number of alkyl carbamates (subject to hydrolysis) is 1. The third kappa shape index (κ3) is 6.10. The number of carbonyl (C=O) groups excluding carboxylic acids is 2. The largest absolute Gasteiger partial charge is 0.481 e. The fourth-order valence-electron chi connectivity index (χ4n) is 4.09. The van der Waals surface area contributed by atoms with Gasteiger partial charge in [-0.05, 0) is 42.0 Å². The average Bonchev–Trinajstić information content (AvgIpc) is 3.10. The number of carboxylic acids is 1. The molecule has 172 valence electrons. The number of ether oxygens (including phenoxy) is 1. The molecule has 0 saturated carbocycles. The first kappa shape index (κ1) is 23.8. The Kier molecular flexibility index (Phi) is 8.03. The average molecular weight is 450 g/mol. The Morgan fingerprint density at radius 2 is 1.67 bits per heavy atom. The van der Waals surface area contributed by atoms with Crippen molar-refractivity contribution in [1.29, 1.82) is 5.26 Å². The second kappa shape index (κ2) is 11.1. The zero-order chi connectivity index (χ0) is 23.8. The van der Waals surface area contributed by atoms with Crippen LogP contribution >= 0.6 is 0 Å². The van der Waals surface area contributed by atoms with E-state index in [0.717, 1.165) is 22.3 Å². The number of carboxylic acid groups (broad SMARTS) is 1. The van der Waals surface area contributed by atoms with Crippen molar-refractivity contribution < 1.29 is 24.2 Å². The Balaban J connectivity index is 1.63. The number of carbonyl (C=O) groups is 3. The second-order valence-electron chi connectivity index (χ2n) is 8.08. The molecule has 2 aromatic carbocycles. The first-order valence-electron chi connectivity index (χ1n) is 10.9. The third-order valence-electron chi connectivity index (χ3n) is 5.60. The second-order valence-corrected chi connectivity index (χ2v) is 8.08. The summed E-state index contributed by atoms with van der Waals surface area (Å²) < 4.78 is 5.51. The Morgan fingerprint density at radius 1 is 1.06 bits per heavy atom. The van der Waals surface area contributed by atoms with Crippen LogP contribution in [-0.4, -0.2) is 41.8 Å². The smallest absolute Gasteiger partial charge is 0.407 e. The van der Waals surface area contributed by atoms with Gasteiger partial charge in [-0.2, -0.15) is 5.26 Å². The normalized spacial score (nSPS) is 13.7. The molecule has 1 aliphatic rings. The van der Waals surface area contributed by atoms with Gasteiger partial charge in [0.15, 0.2) is 0 Å². The molecule has 0 aromatic heterocycles. The molecule has 0 saturated heterocycles. The molecule has 1 aliphatic carbocycles. The summed E-state index contributed by atoms with van der Waals surface area (Å²) in [5.41, 5.74) is 4.39. The van der Waals surface area contributed by atoms with Gasteiger partial charge in [0.1, 0.15) is 12.6 Å². The van der Waals surface area contributed by atoms with Crippen molar-refractivity contribution >= 4 is 18.0 Å². The maximum atomic E-state index is 12.6. The molecule has 0 aliphatic heterocycles. The van der Waals surface area contributed by atoms with Crippen LogP contribution in [-0.2, 0) is 14.3 Å². The molecule has 8 nitrogen and oxygen atoms in total. The van der Waals surface area contributed by atoms with Crippen molar-refractivity contribution in [1.82, 2.24) is 10.6 Å². The number of amides is 2. The summed E-state index contributed by atoms with van der Waals surface area (Å²) in [6.07, 6.45) is -0.0861. The topological polar surface area (TPSA) is 129 Å². The summed E-state index contributed by atoms with van der Waals surface area (Å²) in [6, 6.07) is 16.5. The SMILES string of the molecule is C[C@@H](CC(=O)O)NC(=O)C(CCCC#N)NC(=O)OCC1c2ccccc2-c2ccccc21. The molecule has 0 fully saturated rings. The standard InChI is InChI=1S/C25H27N3O5/c1-16(14-23(29)30)27-24(31)22(12-6-7-13-26)28-25(32)33-15-21-19-10-4-2-8-17(19)18-9-3-5-11-20(18)21/h2-5,8-11,16,21-22H,6-7,12,14-15H2,1H3,(H,27,31)(H,28,32)(H,29,30)/t16-,22?/m0/s1. The van der Waals surface area contributed by atoms with E-state index in [1.54, 1.807) is 6.92 Å². The van der Waals surface area contributed by atoms with Gasteiger partial charge >= 0.3 is 12.1 Å². The molecule has 0 spiro atoms. The lowest BCUT2D eigenvalue weighted by atomic mass is 9.98. The minimum absolute atomic E-state index is 0.107. The zero-order valence-corrected chi connectivity index (χ0v) is 18.4. The van der Waals surface area contributed by atoms with E-state index in [-0.39, 0.29) is 31.8 Å². The molecule has 2 amide bonds. The zero-order valence-electron chi connectivity index (χ0n) is 18.4. The third-order valence-corrected chi connectivity index (χ3v) is 5.60. The van der Waals surface area contributed by atoms with E-state index in [9.17, 15) is 14.4 Å². The van der Waals surface area contributed by atoms with Crippen molar-refractivity contribution in [2.75, 3.05) is 6.61 Å². The summed E-state index contributed by atoms with van der Waals surface area (Å²) >= 11 is 0. The van der Waals surface area contributed by atoms with Crippen LogP contribution in [0.15, 0.2) is 48.5 Å². The molecule has 2 aromatic rings. The molecule has 8 heteroatoms. The number of nitrogens with zero attached hydrogens (tertiary/aromatic N) is 1. The van der Waals surface area contributed by atoms with Crippen LogP contribution in [0.2, 0.25) is 0 Å². The summed E-state index contributed by atoms with van der Waals surface area (Å²) in [6.45, 7) is 1.69. The van der Waals surface area contributed by atoms with E-state index >= 15 is 0 Å². The molecular formula is C25H27N3O5. The molecule has 0 radical (unpaired) electrons. The van der Waals surface area contributed by atoms with Crippen LogP contribution in [0.25, 0.3) is 11.1 Å². The Bertz CT molecular complexity index is 1020. The predicted octanol–water partition coefficient (Wildman–Crippen LogP) is 3.57. The summed E-state index contributed by atoms with van der Waals surface area (Å²) in [5, 5.41) is 22.8. The van der Waals surface area contributed by atoms with E-state index < -0.39 is 30.1 Å². The van der Waals surface area contributed by atoms with E-state index in [1.807, 2.05) is 54.6 Å². The first-order valence-corrected chi connectivity index (χ1v) is 10.9. The van der Waals surface area contributed by atoms with Gasteiger partial charge in [-0.1, -0.05) is 48.5 Å². The number of fused-ring (bicyclic) bond motifs is 3. The van der Waals surface area contributed by atoms with Crippen molar-refractivity contribution in [3.8, 4) is 17.2 Å². The van der Waals surface area contributed by atoms with Gasteiger partial charge in [-0.3, -0.25) is 9.59 Å². The number of nitrogens with one attached hydrogen (secondary N) is 2. The molecular weight excluding hydrogens is 422 g/mol. The maximum absolute atomic E-state index is 12.6. The maximum Gasteiger partial charge on any atom is 0.407 e. The fraction of sp³-hybridized carbons (Fsp3) is 0.360. The molecule has 3 N–H and O–H groups in total. The molecule has 2 atom stereocenters. The van der Waals surface area contributed by atoms with Crippen LogP contribution < -0.4 is 10.6 Å². The molecule has 33 heavy (non-hydrogen) atoms. The predicted molar refractivity (Wildman–Crippen MR) is 121 cm³/mol. The molecule has 3 rings (SSSR count). The van der Waals surface area contributed by atoms with Gasteiger partial charge in [0.05, 0.1) is 12.5 Å². The lowest BCUT2D eigenvalue weighted by Crippen LogP contribution is -2.49. The van der Waals surface area contributed by atoms with Crippen LogP contribution in [0.5, 0.6) is 0 Å². The summed E-state index contributed by atoms with van der Waals surface area (Å²) in [4.78, 5) is 36.0. The summed E-state index contributed by atoms with van der Waals surface area (Å²) in [7, 11) is 0. The Hall–Kier alpha value is -3.86. The van der Waals surface area contributed by atoms with E-state index in [2.05, 4.69) is 10.6 Å². The van der Waals surface area contributed by atoms with E-state index in [0.29, 0.717) is 6.42 Å². The monoisotopic (exact) mass is 449 g/mol. The van der Waals surface area contributed by atoms with E-state index in [1.165, 1.54) is 0 Å². The number of nitriles is 1. The number of benzene rings is 2. The quantitative estimate of drug-likeness (QED) is 0.476. The highest BCUT2D eigenvalue weighted by Crippen LogP contribution is 2.44. The molecule has 0 heterocycles. The van der Waals surface area contributed by atoms with Crippen molar-refractivity contribution in [3.05, 3.63) is 59.7 Å². The number of aliphatic carboxylic acids is 1. The van der Waals surface area contributed by atoms with Crippen LogP contribution in [0.4, 0.5) is 4.79 Å². The Morgan fingerprint density at radius 3 is 2.24 bits per heavy atom. The van der Waals surface area contributed by atoms with Crippen molar-refractivity contribution in [3.63, 3.8) is 0 Å². The van der Waals surface area contributed by atoms with Crippen LogP contribution in [0.3, 0.4) is 0 Å². The van der Waals surface area contributed by atoms with Crippen molar-refractivity contribution in [2.24, 2.45) is 0 Å². The van der Waals surface area contributed by atoms with Gasteiger partial charge in [0.25, 0.3) is 0 Å². The number of unbranched alkanes of at least 4 members (excludes halogenated alkanes) is 1. The lowest BCUT2D eigenvalue weighted by Gasteiger charge is -2.21. The van der Waals surface area contributed by atoms with Crippen LogP contribution in [0.1, 0.15) is 49.7 Å². The fourth-order valence-corrected chi connectivity index (χ4v) is 4.09. The molecule has 0 bridgehead atoms. The van der Waals surface area contributed by atoms with E-state index in [4.69, 9.17) is 15.1 Å². The minimum atomic E-state index is -1.03. The first-order chi connectivity index (χ1) is 15.9. The van der Waals surface area contributed by atoms with Gasteiger partial charge in [0, 0.05) is 18.4 Å². The highest BCUT2D eigenvalue weighted by atomic mass is 16.5. The molecule has 1 unspecified atom stereocenters. The number of hydrogen-bond donors (Lipinski definition) is 3. The number of hydrogen-bond acceptors (Lipinski definition) is 5.